The molecule has 9 heteroatoms. The highest BCUT2D eigenvalue weighted by Crippen LogP contribution is 2.40. The summed E-state index contributed by atoms with van der Waals surface area (Å²) >= 11 is 0. The number of aromatic nitrogens is 3. The normalized spacial score (nSPS) is 22.3. The molecular formula is C32H36FN5O3. The van der Waals surface area contributed by atoms with Crippen molar-refractivity contribution in [2.24, 2.45) is 0 Å². The first-order valence-electron chi connectivity index (χ1n) is 14.9. The number of phenols is 1. The van der Waals surface area contributed by atoms with Crippen molar-refractivity contribution >= 4 is 27.5 Å². The van der Waals surface area contributed by atoms with E-state index in [9.17, 15) is 5.11 Å². The first-order valence-corrected chi connectivity index (χ1v) is 14.9. The lowest BCUT2D eigenvalue weighted by molar-refractivity contribution is 0.00761. The third kappa shape index (κ3) is 4.85. The average molecular weight is 558 g/mol. The minimum absolute atomic E-state index is 0.0146. The number of ether oxygens (including phenoxy) is 2. The van der Waals surface area contributed by atoms with Crippen LogP contribution >= 0.6 is 0 Å². The van der Waals surface area contributed by atoms with Crippen LogP contribution in [-0.2, 0) is 4.74 Å². The Kier molecular flexibility index (Phi) is 6.87. The molecular weight excluding hydrogens is 521 g/mol. The molecule has 0 aliphatic carbocycles. The first kappa shape index (κ1) is 26.3. The van der Waals surface area contributed by atoms with Crippen molar-refractivity contribution in [2.45, 2.75) is 69.6 Å². The van der Waals surface area contributed by atoms with Gasteiger partial charge in [-0.15, -0.1) is 0 Å². The number of halogens is 1. The van der Waals surface area contributed by atoms with Crippen LogP contribution < -0.4 is 10.1 Å². The average Bonchev–Trinajstić information content (AvgIpc) is 3.57. The fraction of sp³-hybridized carbons (Fsp3) is 0.469. The van der Waals surface area contributed by atoms with Gasteiger partial charge in [0.25, 0.3) is 0 Å². The van der Waals surface area contributed by atoms with E-state index in [-0.39, 0.29) is 40.7 Å². The van der Waals surface area contributed by atoms with Gasteiger partial charge in [-0.3, -0.25) is 9.88 Å². The second-order valence-electron chi connectivity index (χ2n) is 11.7. The predicted octanol–water partition coefficient (Wildman–Crippen LogP) is 6.07. The monoisotopic (exact) mass is 557 g/mol. The highest BCUT2D eigenvalue weighted by molar-refractivity contribution is 5.99. The predicted molar refractivity (Wildman–Crippen MR) is 157 cm³/mol. The van der Waals surface area contributed by atoms with Gasteiger partial charge in [0.1, 0.15) is 29.4 Å². The zero-order chi connectivity index (χ0) is 28.0. The molecule has 4 aromatic rings. The van der Waals surface area contributed by atoms with Gasteiger partial charge >= 0.3 is 6.01 Å². The number of nitrogens with zero attached hydrogens (tertiary/aromatic N) is 4. The summed E-state index contributed by atoms with van der Waals surface area (Å²) in [5.74, 6) is -0.0193. The number of phenolic OH excluding ortho intramolecular Hbond substituents is 1. The molecule has 3 aliphatic heterocycles. The van der Waals surface area contributed by atoms with E-state index in [0.717, 1.165) is 68.8 Å². The Balaban J connectivity index is 1.29. The van der Waals surface area contributed by atoms with Gasteiger partial charge in [-0.2, -0.15) is 9.97 Å². The fourth-order valence-corrected chi connectivity index (χ4v) is 6.98. The number of benzene rings is 2. The SMILES string of the molecule is CCC1CCC(Nc2nc(OCC34CCCN3CCC4)nc3c(F)c(-c4cc(O)cc5ccccc45)ncc23)CO1. The molecule has 8 nitrogen and oxygen atoms in total. The lowest BCUT2D eigenvalue weighted by Crippen LogP contribution is -2.43. The molecule has 2 unspecified atom stereocenters. The quantitative estimate of drug-likeness (QED) is 0.283. The largest absolute Gasteiger partial charge is 0.508 e. The van der Waals surface area contributed by atoms with Crippen LogP contribution in [0.1, 0.15) is 51.9 Å². The Hall–Kier alpha value is -3.56. The van der Waals surface area contributed by atoms with Gasteiger partial charge in [0.05, 0.1) is 29.7 Å². The van der Waals surface area contributed by atoms with Gasteiger partial charge < -0.3 is 19.9 Å². The number of nitrogens with one attached hydrogen (secondary N) is 1. The van der Waals surface area contributed by atoms with E-state index < -0.39 is 5.82 Å². The lowest BCUT2D eigenvalue weighted by atomic mass is 9.95. The maximum absolute atomic E-state index is 16.5. The molecule has 0 saturated carbocycles. The smallest absolute Gasteiger partial charge is 0.319 e. The van der Waals surface area contributed by atoms with Crippen LogP contribution in [0.15, 0.2) is 42.6 Å². The summed E-state index contributed by atoms with van der Waals surface area (Å²) in [6, 6.07) is 11.0. The van der Waals surface area contributed by atoms with E-state index >= 15 is 4.39 Å². The zero-order valence-corrected chi connectivity index (χ0v) is 23.4. The van der Waals surface area contributed by atoms with Crippen molar-refractivity contribution in [1.82, 2.24) is 19.9 Å². The number of hydrogen-bond donors (Lipinski definition) is 2. The van der Waals surface area contributed by atoms with Crippen LogP contribution in [0.3, 0.4) is 0 Å². The summed E-state index contributed by atoms with van der Waals surface area (Å²) in [5, 5.41) is 16.0. The molecule has 7 rings (SSSR count). The molecule has 0 radical (unpaired) electrons. The number of aromatic hydroxyl groups is 1. The number of fused-ring (bicyclic) bond motifs is 3. The summed E-state index contributed by atoms with van der Waals surface area (Å²) in [6.45, 7) is 5.37. The van der Waals surface area contributed by atoms with Crippen molar-refractivity contribution in [1.29, 1.82) is 0 Å². The van der Waals surface area contributed by atoms with Crippen LogP contribution in [-0.4, -0.2) is 68.9 Å². The number of anilines is 1. The Bertz CT molecular complexity index is 1580. The van der Waals surface area contributed by atoms with Gasteiger partial charge in [-0.05, 0) is 80.9 Å². The minimum atomic E-state index is -0.569. The molecule has 3 aliphatic rings. The molecule has 0 spiro atoms. The van der Waals surface area contributed by atoms with Crippen LogP contribution in [0.2, 0.25) is 0 Å². The molecule has 0 amide bonds. The number of hydrogen-bond acceptors (Lipinski definition) is 8. The van der Waals surface area contributed by atoms with Gasteiger partial charge in [0, 0.05) is 11.8 Å². The summed E-state index contributed by atoms with van der Waals surface area (Å²) in [5.41, 5.74) is 0.794. The van der Waals surface area contributed by atoms with Crippen LogP contribution in [0.25, 0.3) is 32.9 Å². The zero-order valence-electron chi connectivity index (χ0n) is 23.4. The highest BCUT2D eigenvalue weighted by Gasteiger charge is 2.45. The molecule has 2 aromatic heterocycles. The topological polar surface area (TPSA) is 92.6 Å². The van der Waals surface area contributed by atoms with Crippen molar-refractivity contribution < 1.29 is 19.0 Å². The number of pyridine rings is 1. The van der Waals surface area contributed by atoms with Crippen LogP contribution in [0, 0.1) is 5.82 Å². The molecule has 2 atom stereocenters. The van der Waals surface area contributed by atoms with Crippen molar-refractivity contribution in [3.05, 3.63) is 48.4 Å². The Morgan fingerprint density at radius 2 is 1.95 bits per heavy atom. The van der Waals surface area contributed by atoms with E-state index in [1.165, 1.54) is 0 Å². The molecule has 5 heterocycles. The fourth-order valence-electron chi connectivity index (χ4n) is 6.98. The summed E-state index contributed by atoms with van der Waals surface area (Å²) < 4.78 is 28.8. The van der Waals surface area contributed by atoms with Gasteiger partial charge in [0.2, 0.25) is 0 Å². The Labute approximate surface area is 238 Å². The second-order valence-corrected chi connectivity index (χ2v) is 11.7. The minimum Gasteiger partial charge on any atom is -0.508 e. The number of rotatable bonds is 7. The molecule has 2 N–H and O–H groups in total. The third-order valence-corrected chi connectivity index (χ3v) is 9.21. The molecule has 214 valence electrons. The van der Waals surface area contributed by atoms with E-state index in [1.54, 1.807) is 18.3 Å². The molecule has 3 fully saturated rings. The molecule has 41 heavy (non-hydrogen) atoms. The summed E-state index contributed by atoms with van der Waals surface area (Å²) in [4.78, 5) is 16.4. The molecule has 3 saturated heterocycles. The van der Waals surface area contributed by atoms with Crippen molar-refractivity contribution in [3.8, 4) is 23.0 Å². The Morgan fingerprint density at radius 1 is 1.12 bits per heavy atom. The molecule has 0 bridgehead atoms. The van der Waals surface area contributed by atoms with Crippen molar-refractivity contribution in [2.75, 3.05) is 31.6 Å². The van der Waals surface area contributed by atoms with Crippen molar-refractivity contribution in [3.63, 3.8) is 0 Å². The van der Waals surface area contributed by atoms with E-state index in [2.05, 4.69) is 27.1 Å². The summed E-state index contributed by atoms with van der Waals surface area (Å²) in [7, 11) is 0. The molecule has 2 aromatic carbocycles. The van der Waals surface area contributed by atoms with E-state index in [0.29, 0.717) is 30.0 Å². The highest BCUT2D eigenvalue weighted by atomic mass is 19.1. The maximum atomic E-state index is 16.5. The van der Waals surface area contributed by atoms with Gasteiger partial charge in [0.15, 0.2) is 5.82 Å². The van der Waals surface area contributed by atoms with E-state index in [4.69, 9.17) is 14.5 Å². The Morgan fingerprint density at radius 3 is 2.73 bits per heavy atom. The van der Waals surface area contributed by atoms with Crippen LogP contribution in [0.5, 0.6) is 11.8 Å². The van der Waals surface area contributed by atoms with Gasteiger partial charge in [-0.1, -0.05) is 31.2 Å². The standard InChI is InChI=1S/C32H36FN5O3/c1-2-23-10-9-21(18-40-23)35-30-26-17-34-28(25-16-22(39)15-20-7-3-4-8-24(20)25)27(33)29(26)36-31(37-30)41-19-32-11-5-13-38(32)14-6-12-32/h3-4,7-8,15-17,21,23,39H,2,5-6,9-14,18-19H2,1H3,(H,35,36,37). The lowest BCUT2D eigenvalue weighted by Gasteiger charge is -2.31. The van der Waals surface area contributed by atoms with Crippen LogP contribution in [0.4, 0.5) is 10.2 Å². The summed E-state index contributed by atoms with van der Waals surface area (Å²) in [6.07, 6.45) is 9.28. The second kappa shape index (κ2) is 10.7. The maximum Gasteiger partial charge on any atom is 0.319 e. The first-order chi connectivity index (χ1) is 20.0. The third-order valence-electron chi connectivity index (χ3n) is 9.21. The van der Waals surface area contributed by atoms with E-state index in [1.807, 2.05) is 24.3 Å². The van der Waals surface area contributed by atoms with Gasteiger partial charge in [-0.25, -0.2) is 4.39 Å².